The second-order valence-electron chi connectivity index (χ2n) is 3.55. The van der Waals surface area contributed by atoms with Crippen LogP contribution in [0.3, 0.4) is 0 Å². The molecule has 0 saturated carbocycles. The number of likely N-dealkylation sites (tertiary alicyclic amines) is 1. The number of ether oxygens (including phenoxy) is 1. The lowest BCUT2D eigenvalue weighted by atomic mass is 10.1. The van der Waals surface area contributed by atoms with Gasteiger partial charge in [0.25, 0.3) is 0 Å². The van der Waals surface area contributed by atoms with Crippen LogP contribution in [0.4, 0.5) is 4.79 Å². The van der Waals surface area contributed by atoms with Gasteiger partial charge in [-0.25, -0.2) is 4.79 Å². The summed E-state index contributed by atoms with van der Waals surface area (Å²) in [6, 6.07) is -0.296. The number of hydrogen-bond acceptors (Lipinski definition) is 3. The zero-order chi connectivity index (χ0) is 10.7. The van der Waals surface area contributed by atoms with Gasteiger partial charge >= 0.3 is 6.09 Å². The zero-order valence-corrected chi connectivity index (χ0v) is 8.95. The van der Waals surface area contributed by atoms with Crippen LogP contribution in [0.1, 0.15) is 33.6 Å². The summed E-state index contributed by atoms with van der Waals surface area (Å²) in [6.07, 6.45) is 0.761. The summed E-state index contributed by atoms with van der Waals surface area (Å²) in [5, 5.41) is 0. The maximum atomic E-state index is 11.5. The van der Waals surface area contributed by atoms with E-state index in [-0.39, 0.29) is 24.0 Å². The molecule has 2 unspecified atom stereocenters. The van der Waals surface area contributed by atoms with Crippen LogP contribution in [0.5, 0.6) is 0 Å². The van der Waals surface area contributed by atoms with E-state index in [1.807, 2.05) is 13.8 Å². The molecule has 0 radical (unpaired) electrons. The Labute approximate surface area is 84.2 Å². The molecule has 0 bridgehead atoms. The van der Waals surface area contributed by atoms with Crippen molar-refractivity contribution in [2.24, 2.45) is 0 Å². The van der Waals surface area contributed by atoms with Crippen LogP contribution in [-0.4, -0.2) is 35.5 Å². The SMILES string of the molecule is CCOC(=O)N1C(C)CC(=O)C1CC. The molecule has 14 heavy (non-hydrogen) atoms. The number of ketones is 1. The number of amides is 1. The fourth-order valence-electron chi connectivity index (χ4n) is 1.92. The van der Waals surface area contributed by atoms with Gasteiger partial charge in [0, 0.05) is 12.5 Å². The highest BCUT2D eigenvalue weighted by Crippen LogP contribution is 2.23. The Kier molecular flexibility index (Phi) is 3.49. The van der Waals surface area contributed by atoms with E-state index in [2.05, 4.69) is 0 Å². The molecule has 0 aromatic heterocycles. The third kappa shape index (κ3) is 1.89. The lowest BCUT2D eigenvalue weighted by Crippen LogP contribution is -2.41. The van der Waals surface area contributed by atoms with Gasteiger partial charge in [-0.1, -0.05) is 6.92 Å². The first-order valence-electron chi connectivity index (χ1n) is 5.09. The van der Waals surface area contributed by atoms with Crippen LogP contribution >= 0.6 is 0 Å². The van der Waals surface area contributed by atoms with Gasteiger partial charge in [0.05, 0.1) is 12.6 Å². The number of nitrogens with zero attached hydrogens (tertiary/aromatic N) is 1. The summed E-state index contributed by atoms with van der Waals surface area (Å²) in [6.45, 7) is 5.91. The molecule has 0 aromatic carbocycles. The molecule has 1 rings (SSSR count). The number of hydrogen-bond donors (Lipinski definition) is 0. The van der Waals surface area contributed by atoms with Gasteiger partial charge in [0.1, 0.15) is 0 Å². The summed E-state index contributed by atoms with van der Waals surface area (Å²) < 4.78 is 4.91. The Morgan fingerprint density at radius 3 is 2.71 bits per heavy atom. The summed E-state index contributed by atoms with van der Waals surface area (Å²) in [5.74, 6) is 0.146. The van der Waals surface area contributed by atoms with Gasteiger partial charge in [-0.2, -0.15) is 0 Å². The minimum Gasteiger partial charge on any atom is -0.450 e. The fourth-order valence-corrected chi connectivity index (χ4v) is 1.92. The predicted molar refractivity (Wildman–Crippen MR) is 52.0 cm³/mol. The molecule has 2 atom stereocenters. The van der Waals surface area contributed by atoms with Crippen molar-refractivity contribution >= 4 is 11.9 Å². The molecule has 4 heteroatoms. The smallest absolute Gasteiger partial charge is 0.410 e. The molecule has 1 heterocycles. The summed E-state index contributed by atoms with van der Waals surface area (Å²) in [5.41, 5.74) is 0. The Bertz CT molecular complexity index is 240. The van der Waals surface area contributed by atoms with Gasteiger partial charge in [0.2, 0.25) is 0 Å². The second kappa shape index (κ2) is 4.44. The maximum Gasteiger partial charge on any atom is 0.410 e. The van der Waals surface area contributed by atoms with Crippen LogP contribution in [0.15, 0.2) is 0 Å². The fraction of sp³-hybridized carbons (Fsp3) is 0.800. The molecular weight excluding hydrogens is 182 g/mol. The van der Waals surface area contributed by atoms with E-state index in [1.165, 1.54) is 0 Å². The average Bonchev–Trinajstić information content (AvgIpc) is 2.40. The summed E-state index contributed by atoms with van der Waals surface area (Å²) in [7, 11) is 0. The summed E-state index contributed by atoms with van der Waals surface area (Å²) in [4.78, 5) is 24.6. The van der Waals surface area contributed by atoms with Crippen LogP contribution in [-0.2, 0) is 9.53 Å². The second-order valence-corrected chi connectivity index (χ2v) is 3.55. The standard InChI is InChI=1S/C10H17NO3/c1-4-8-9(12)6-7(3)11(8)10(13)14-5-2/h7-8H,4-6H2,1-3H3. The van der Waals surface area contributed by atoms with Gasteiger partial charge in [-0.15, -0.1) is 0 Å². The number of Topliss-reactive ketones (excluding diaryl/α,β-unsaturated/α-hetero) is 1. The third-order valence-corrected chi connectivity index (χ3v) is 2.54. The Morgan fingerprint density at radius 2 is 2.21 bits per heavy atom. The number of rotatable bonds is 2. The minimum atomic E-state index is -0.363. The Hall–Kier alpha value is -1.06. The molecule has 0 spiro atoms. The van der Waals surface area contributed by atoms with Crippen molar-refractivity contribution in [3.05, 3.63) is 0 Å². The van der Waals surface area contributed by atoms with Gasteiger partial charge in [0.15, 0.2) is 5.78 Å². The van der Waals surface area contributed by atoms with E-state index in [4.69, 9.17) is 4.74 Å². The number of carbonyl (C=O) groups excluding carboxylic acids is 2. The summed E-state index contributed by atoms with van der Waals surface area (Å²) >= 11 is 0. The highest BCUT2D eigenvalue weighted by Gasteiger charge is 2.40. The molecule has 4 nitrogen and oxygen atoms in total. The first kappa shape index (κ1) is 11.0. The predicted octanol–water partition coefficient (Wildman–Crippen LogP) is 1.58. The van der Waals surface area contributed by atoms with E-state index in [0.29, 0.717) is 19.4 Å². The van der Waals surface area contributed by atoms with Crippen LogP contribution in [0, 0.1) is 0 Å². The van der Waals surface area contributed by atoms with Crippen LogP contribution in [0.25, 0.3) is 0 Å². The topological polar surface area (TPSA) is 46.6 Å². The van der Waals surface area contributed by atoms with E-state index in [0.717, 1.165) is 0 Å². The highest BCUT2D eigenvalue weighted by molar-refractivity contribution is 5.91. The average molecular weight is 199 g/mol. The van der Waals surface area contributed by atoms with Crippen LogP contribution < -0.4 is 0 Å². The molecule has 0 aliphatic carbocycles. The van der Waals surface area contributed by atoms with Gasteiger partial charge in [-0.3, -0.25) is 9.69 Å². The molecule has 0 aromatic rings. The molecule has 0 N–H and O–H groups in total. The first-order chi connectivity index (χ1) is 6.61. The molecule has 1 amide bonds. The highest BCUT2D eigenvalue weighted by atomic mass is 16.6. The zero-order valence-electron chi connectivity index (χ0n) is 8.95. The van der Waals surface area contributed by atoms with Crippen molar-refractivity contribution in [2.45, 2.75) is 45.7 Å². The van der Waals surface area contributed by atoms with Crippen molar-refractivity contribution in [1.82, 2.24) is 4.90 Å². The quantitative estimate of drug-likeness (QED) is 0.678. The van der Waals surface area contributed by atoms with Gasteiger partial charge < -0.3 is 4.74 Å². The van der Waals surface area contributed by atoms with Crippen molar-refractivity contribution in [2.75, 3.05) is 6.61 Å². The van der Waals surface area contributed by atoms with E-state index >= 15 is 0 Å². The van der Waals surface area contributed by atoms with Crippen molar-refractivity contribution in [3.63, 3.8) is 0 Å². The normalized spacial score (nSPS) is 26.8. The molecular formula is C10H17NO3. The van der Waals surface area contributed by atoms with E-state index in [1.54, 1.807) is 11.8 Å². The Balaban J connectivity index is 2.74. The lowest BCUT2D eigenvalue weighted by Gasteiger charge is -2.25. The molecule has 1 saturated heterocycles. The molecule has 80 valence electrons. The van der Waals surface area contributed by atoms with E-state index in [9.17, 15) is 9.59 Å². The molecule has 1 aliphatic heterocycles. The van der Waals surface area contributed by atoms with Gasteiger partial charge in [-0.05, 0) is 20.3 Å². The first-order valence-corrected chi connectivity index (χ1v) is 5.09. The largest absolute Gasteiger partial charge is 0.450 e. The molecule has 1 fully saturated rings. The molecule has 1 aliphatic rings. The monoisotopic (exact) mass is 199 g/mol. The number of carbonyl (C=O) groups is 2. The van der Waals surface area contributed by atoms with Crippen molar-refractivity contribution in [1.29, 1.82) is 0 Å². The minimum absolute atomic E-state index is 0.0218. The third-order valence-electron chi connectivity index (χ3n) is 2.54. The maximum absolute atomic E-state index is 11.5. The lowest BCUT2D eigenvalue weighted by molar-refractivity contribution is -0.119. The van der Waals surface area contributed by atoms with Crippen molar-refractivity contribution < 1.29 is 14.3 Å². The Morgan fingerprint density at radius 1 is 1.57 bits per heavy atom. The van der Waals surface area contributed by atoms with E-state index < -0.39 is 0 Å². The van der Waals surface area contributed by atoms with Crippen molar-refractivity contribution in [3.8, 4) is 0 Å². The van der Waals surface area contributed by atoms with Crippen LogP contribution in [0.2, 0.25) is 0 Å².